The van der Waals surface area contributed by atoms with Gasteiger partial charge in [0.05, 0.1) is 10.7 Å². The molecular formula is C20H26ClFN6O2. The van der Waals surface area contributed by atoms with Crippen LogP contribution in [0.4, 0.5) is 20.8 Å². The van der Waals surface area contributed by atoms with Gasteiger partial charge in [0.1, 0.15) is 0 Å². The number of urea groups is 1. The second-order valence-corrected chi connectivity index (χ2v) is 7.71. The third kappa shape index (κ3) is 5.78. The third-order valence-electron chi connectivity index (χ3n) is 5.21. The molecule has 0 unspecified atom stereocenters. The van der Waals surface area contributed by atoms with E-state index in [1.54, 1.807) is 6.20 Å². The van der Waals surface area contributed by atoms with E-state index in [1.165, 1.54) is 18.2 Å². The van der Waals surface area contributed by atoms with Gasteiger partial charge in [-0.05, 0) is 69.9 Å². The molecule has 1 aliphatic heterocycles. The Morgan fingerprint density at radius 2 is 2.07 bits per heavy atom. The summed E-state index contributed by atoms with van der Waals surface area (Å²) in [5.74, 6) is -0.612. The molecule has 10 heteroatoms. The van der Waals surface area contributed by atoms with Crippen molar-refractivity contribution in [3.63, 3.8) is 0 Å². The van der Waals surface area contributed by atoms with Crippen LogP contribution in [0.5, 0.6) is 0 Å². The van der Waals surface area contributed by atoms with E-state index in [-0.39, 0.29) is 28.1 Å². The highest BCUT2D eigenvalue weighted by Gasteiger charge is 2.23. The van der Waals surface area contributed by atoms with Crippen LogP contribution in [0.25, 0.3) is 0 Å². The SMILES string of the molecule is NCCCCN1CCC(c2c[nH]c(NC(=O)Nc3cccc(Cl)c3F)nc2=O)CC1. The highest BCUT2D eigenvalue weighted by Crippen LogP contribution is 2.26. The minimum atomic E-state index is -0.738. The molecule has 1 fully saturated rings. The van der Waals surface area contributed by atoms with Gasteiger partial charge in [-0.25, -0.2) is 9.18 Å². The van der Waals surface area contributed by atoms with E-state index in [9.17, 15) is 14.0 Å². The van der Waals surface area contributed by atoms with Crippen LogP contribution in [0, 0.1) is 5.82 Å². The number of anilines is 2. The van der Waals surface area contributed by atoms with Crippen molar-refractivity contribution < 1.29 is 9.18 Å². The molecule has 0 aliphatic carbocycles. The zero-order chi connectivity index (χ0) is 21.5. The first-order valence-electron chi connectivity index (χ1n) is 10.0. The summed E-state index contributed by atoms with van der Waals surface area (Å²) in [5, 5.41) is 4.63. The van der Waals surface area contributed by atoms with E-state index in [4.69, 9.17) is 17.3 Å². The molecule has 0 atom stereocenters. The van der Waals surface area contributed by atoms with E-state index >= 15 is 0 Å². The molecule has 3 rings (SSSR count). The van der Waals surface area contributed by atoms with Crippen LogP contribution >= 0.6 is 11.6 Å². The topological polar surface area (TPSA) is 116 Å². The van der Waals surface area contributed by atoms with Gasteiger partial charge >= 0.3 is 6.03 Å². The maximum atomic E-state index is 13.9. The molecule has 8 nitrogen and oxygen atoms in total. The van der Waals surface area contributed by atoms with Crippen LogP contribution in [0.3, 0.4) is 0 Å². The first-order valence-corrected chi connectivity index (χ1v) is 10.4. The molecule has 2 heterocycles. The Hall–Kier alpha value is -2.49. The summed E-state index contributed by atoms with van der Waals surface area (Å²) in [4.78, 5) is 33.7. The van der Waals surface area contributed by atoms with E-state index in [2.05, 4.69) is 25.5 Å². The van der Waals surface area contributed by atoms with Gasteiger partial charge in [0, 0.05) is 11.8 Å². The Kier molecular flexibility index (Phi) is 7.78. The summed E-state index contributed by atoms with van der Waals surface area (Å²) in [6.45, 7) is 3.61. The molecule has 0 saturated carbocycles. The van der Waals surface area contributed by atoms with Crippen LogP contribution < -0.4 is 21.9 Å². The van der Waals surface area contributed by atoms with Gasteiger partial charge < -0.3 is 20.9 Å². The summed E-state index contributed by atoms with van der Waals surface area (Å²) in [6, 6.07) is 3.53. The van der Waals surface area contributed by atoms with Crippen LogP contribution in [0.2, 0.25) is 5.02 Å². The van der Waals surface area contributed by atoms with Crippen molar-refractivity contribution >= 4 is 29.3 Å². The lowest BCUT2D eigenvalue weighted by Gasteiger charge is -2.31. The number of rotatable bonds is 7. The van der Waals surface area contributed by atoms with Gasteiger partial charge in [-0.3, -0.25) is 10.1 Å². The van der Waals surface area contributed by atoms with Crippen molar-refractivity contribution in [1.82, 2.24) is 14.9 Å². The van der Waals surface area contributed by atoms with Crippen LogP contribution in [-0.4, -0.2) is 47.1 Å². The second-order valence-electron chi connectivity index (χ2n) is 7.30. The molecule has 0 radical (unpaired) electrons. The Morgan fingerprint density at radius 3 is 2.77 bits per heavy atom. The van der Waals surface area contributed by atoms with Crippen molar-refractivity contribution in [2.45, 2.75) is 31.6 Å². The molecule has 2 amide bonds. The first kappa shape index (κ1) is 22.2. The number of aromatic amines is 1. The average Bonchev–Trinajstić information content (AvgIpc) is 2.72. The monoisotopic (exact) mass is 436 g/mol. The normalized spacial score (nSPS) is 15.2. The number of piperidine rings is 1. The summed E-state index contributed by atoms with van der Waals surface area (Å²) in [7, 11) is 0. The van der Waals surface area contributed by atoms with Gasteiger partial charge in [0.15, 0.2) is 5.82 Å². The number of halogens is 2. The maximum Gasteiger partial charge on any atom is 0.326 e. The summed E-state index contributed by atoms with van der Waals surface area (Å²) < 4.78 is 13.9. The van der Waals surface area contributed by atoms with Crippen LogP contribution in [0.1, 0.15) is 37.2 Å². The predicted octanol–water partition coefficient (Wildman–Crippen LogP) is 3.12. The van der Waals surface area contributed by atoms with Gasteiger partial charge in [-0.2, -0.15) is 4.98 Å². The molecule has 0 spiro atoms. The Labute approximate surface area is 179 Å². The fraction of sp³-hybridized carbons (Fsp3) is 0.450. The third-order valence-corrected chi connectivity index (χ3v) is 5.50. The van der Waals surface area contributed by atoms with Crippen LogP contribution in [-0.2, 0) is 0 Å². The zero-order valence-corrected chi connectivity index (χ0v) is 17.3. The summed E-state index contributed by atoms with van der Waals surface area (Å²) in [5.41, 5.74) is 5.70. The number of unbranched alkanes of at least 4 members (excludes halogenated alkanes) is 1. The molecule has 1 aromatic carbocycles. The Bertz CT molecular complexity index is 930. The lowest BCUT2D eigenvalue weighted by molar-refractivity contribution is 0.208. The number of aromatic nitrogens is 2. The molecule has 1 aromatic heterocycles. The lowest BCUT2D eigenvalue weighted by Crippen LogP contribution is -2.35. The fourth-order valence-corrected chi connectivity index (χ4v) is 3.75. The molecule has 0 bridgehead atoms. The van der Waals surface area contributed by atoms with Crippen molar-refractivity contribution in [1.29, 1.82) is 0 Å². The number of hydrogen-bond donors (Lipinski definition) is 4. The van der Waals surface area contributed by atoms with Crippen molar-refractivity contribution in [3.8, 4) is 0 Å². The lowest BCUT2D eigenvalue weighted by atomic mass is 9.91. The van der Waals surface area contributed by atoms with Crippen LogP contribution in [0.15, 0.2) is 29.2 Å². The largest absolute Gasteiger partial charge is 0.332 e. The van der Waals surface area contributed by atoms with Gasteiger partial charge in [-0.1, -0.05) is 17.7 Å². The average molecular weight is 437 g/mol. The number of amides is 2. The summed E-state index contributed by atoms with van der Waals surface area (Å²) in [6.07, 6.45) is 5.48. The minimum absolute atomic E-state index is 0.0112. The van der Waals surface area contributed by atoms with E-state index < -0.39 is 11.8 Å². The van der Waals surface area contributed by atoms with E-state index in [0.29, 0.717) is 12.1 Å². The van der Waals surface area contributed by atoms with Gasteiger partial charge in [0.25, 0.3) is 5.56 Å². The van der Waals surface area contributed by atoms with Crippen molar-refractivity contribution in [2.24, 2.45) is 5.73 Å². The second kappa shape index (κ2) is 10.5. The number of carbonyl (C=O) groups is 1. The molecule has 30 heavy (non-hydrogen) atoms. The van der Waals surface area contributed by atoms with E-state index in [1.807, 2.05) is 0 Å². The smallest absolute Gasteiger partial charge is 0.326 e. The van der Waals surface area contributed by atoms with Gasteiger partial charge in [0.2, 0.25) is 5.95 Å². The minimum Gasteiger partial charge on any atom is -0.332 e. The molecule has 162 valence electrons. The first-order chi connectivity index (χ1) is 14.5. The summed E-state index contributed by atoms with van der Waals surface area (Å²) >= 11 is 5.70. The predicted molar refractivity (Wildman–Crippen MR) is 116 cm³/mol. The molecule has 2 aromatic rings. The molecule has 5 N–H and O–H groups in total. The number of nitrogens with two attached hydrogens (primary N) is 1. The van der Waals surface area contributed by atoms with Gasteiger partial charge in [-0.15, -0.1) is 0 Å². The standard InChI is InChI=1S/C20H26ClFN6O2/c21-15-4-3-5-16(17(15)22)25-20(30)27-19-24-12-14(18(29)26-19)13-6-10-28(11-7-13)9-2-1-8-23/h3-5,12-13H,1-2,6-11,23H2,(H3,24,25,26,27,29,30). The molecular weight excluding hydrogens is 411 g/mol. The number of H-pyrrole nitrogens is 1. The van der Waals surface area contributed by atoms with E-state index in [0.717, 1.165) is 45.3 Å². The van der Waals surface area contributed by atoms with Crippen molar-refractivity contribution in [2.75, 3.05) is 36.8 Å². The molecule has 1 aliphatic rings. The van der Waals surface area contributed by atoms with Crippen molar-refractivity contribution in [3.05, 3.63) is 51.2 Å². The number of benzene rings is 1. The number of nitrogens with one attached hydrogen (secondary N) is 3. The fourth-order valence-electron chi connectivity index (χ4n) is 3.57. The highest BCUT2D eigenvalue weighted by molar-refractivity contribution is 6.31. The Balaban J connectivity index is 1.56. The zero-order valence-electron chi connectivity index (χ0n) is 16.6. The maximum absolute atomic E-state index is 13.9. The quantitative estimate of drug-likeness (QED) is 0.497. The number of carbonyl (C=O) groups excluding carboxylic acids is 1. The number of hydrogen-bond acceptors (Lipinski definition) is 5. The number of likely N-dealkylation sites (tertiary alicyclic amines) is 1. The number of nitrogens with zero attached hydrogens (tertiary/aromatic N) is 2. The highest BCUT2D eigenvalue weighted by atomic mass is 35.5. The molecule has 1 saturated heterocycles. The Morgan fingerprint density at radius 1 is 1.30 bits per heavy atom.